The van der Waals surface area contributed by atoms with Gasteiger partial charge in [0, 0.05) is 12.1 Å². The van der Waals surface area contributed by atoms with Crippen LogP contribution in [-0.4, -0.2) is 42.4 Å². The van der Waals surface area contributed by atoms with Gasteiger partial charge in [0.05, 0.1) is 13.2 Å². The first-order valence-electron chi connectivity index (χ1n) is 7.03. The van der Waals surface area contributed by atoms with Crippen LogP contribution < -0.4 is 4.74 Å². The lowest BCUT2D eigenvalue weighted by Gasteiger charge is -2.33. The molecule has 0 aliphatic heterocycles. The number of aliphatic hydroxyl groups is 1. The Morgan fingerprint density at radius 2 is 1.89 bits per heavy atom. The predicted molar refractivity (Wildman–Crippen MR) is 79.7 cm³/mol. The fourth-order valence-electron chi connectivity index (χ4n) is 2.35. The van der Waals surface area contributed by atoms with Crippen LogP contribution in [0, 0.1) is 0 Å². The average Bonchev–Trinajstić information content (AvgIpc) is 2.45. The van der Waals surface area contributed by atoms with Gasteiger partial charge in [-0.25, -0.2) is 0 Å². The van der Waals surface area contributed by atoms with Gasteiger partial charge in [0.15, 0.2) is 0 Å². The summed E-state index contributed by atoms with van der Waals surface area (Å²) < 4.78 is 5.39. The van der Waals surface area contributed by atoms with E-state index in [2.05, 4.69) is 31.9 Å². The van der Waals surface area contributed by atoms with Crippen molar-refractivity contribution >= 4 is 0 Å². The predicted octanol–water partition coefficient (Wildman–Crippen LogP) is 2.72. The van der Waals surface area contributed by atoms with Crippen molar-refractivity contribution in [3.8, 4) is 5.75 Å². The van der Waals surface area contributed by atoms with Gasteiger partial charge in [-0.2, -0.15) is 0 Å². The maximum absolute atomic E-state index is 9.95. The minimum atomic E-state index is -0.273. The van der Waals surface area contributed by atoms with Crippen molar-refractivity contribution in [3.63, 3.8) is 0 Å². The van der Waals surface area contributed by atoms with Crippen LogP contribution >= 0.6 is 0 Å². The van der Waals surface area contributed by atoms with E-state index in [4.69, 9.17) is 4.74 Å². The van der Waals surface area contributed by atoms with E-state index in [-0.39, 0.29) is 12.1 Å². The highest BCUT2D eigenvalue weighted by Gasteiger charge is 2.22. The van der Waals surface area contributed by atoms with E-state index < -0.39 is 0 Å². The van der Waals surface area contributed by atoms with Crippen LogP contribution in [0.3, 0.4) is 0 Å². The van der Waals surface area contributed by atoms with E-state index in [1.807, 2.05) is 25.1 Å². The Kier molecular flexibility index (Phi) is 6.32. The molecule has 3 unspecified atom stereocenters. The van der Waals surface area contributed by atoms with Gasteiger partial charge in [-0.1, -0.05) is 25.1 Å². The number of para-hydroxylation sites is 1. The third-order valence-electron chi connectivity index (χ3n) is 4.02. The van der Waals surface area contributed by atoms with E-state index in [0.29, 0.717) is 6.04 Å². The number of benzene rings is 1. The summed E-state index contributed by atoms with van der Waals surface area (Å²) in [7, 11) is 3.78. The molecule has 0 spiro atoms. The van der Waals surface area contributed by atoms with Crippen molar-refractivity contribution < 1.29 is 9.84 Å². The van der Waals surface area contributed by atoms with E-state index in [0.717, 1.165) is 18.6 Å². The average molecular weight is 265 g/mol. The Hall–Kier alpha value is -1.06. The van der Waals surface area contributed by atoms with Gasteiger partial charge in [0.25, 0.3) is 0 Å². The van der Waals surface area contributed by atoms with E-state index >= 15 is 0 Å². The van der Waals surface area contributed by atoms with Crippen LogP contribution in [0.15, 0.2) is 24.3 Å². The Labute approximate surface area is 117 Å². The summed E-state index contributed by atoms with van der Waals surface area (Å²) in [6.45, 7) is 6.28. The molecule has 0 amide bonds. The molecule has 1 rings (SSSR count). The molecular weight excluding hydrogens is 238 g/mol. The first-order chi connectivity index (χ1) is 9.01. The molecule has 0 heterocycles. The van der Waals surface area contributed by atoms with Crippen LogP contribution in [0.2, 0.25) is 0 Å². The number of rotatable bonds is 7. The number of nitrogens with zero attached hydrogens (tertiary/aromatic N) is 1. The van der Waals surface area contributed by atoms with Gasteiger partial charge in [0.1, 0.15) is 5.75 Å². The van der Waals surface area contributed by atoms with Gasteiger partial charge < -0.3 is 9.84 Å². The lowest BCUT2D eigenvalue weighted by atomic mass is 10.0. The molecule has 0 aliphatic carbocycles. The summed E-state index contributed by atoms with van der Waals surface area (Å²) in [5, 5.41) is 9.95. The Morgan fingerprint density at radius 3 is 2.47 bits per heavy atom. The molecule has 0 bridgehead atoms. The van der Waals surface area contributed by atoms with Crippen LogP contribution in [0.5, 0.6) is 5.75 Å². The molecule has 0 radical (unpaired) electrons. The summed E-state index contributed by atoms with van der Waals surface area (Å²) in [5.74, 6) is 0.937. The van der Waals surface area contributed by atoms with Crippen LogP contribution in [0.1, 0.15) is 32.8 Å². The fraction of sp³-hybridized carbons (Fsp3) is 0.625. The number of hydrogen-bond acceptors (Lipinski definition) is 3. The first-order valence-corrected chi connectivity index (χ1v) is 7.03. The van der Waals surface area contributed by atoms with Crippen molar-refractivity contribution in [3.05, 3.63) is 29.8 Å². The Morgan fingerprint density at radius 1 is 1.26 bits per heavy atom. The second-order valence-corrected chi connectivity index (χ2v) is 5.25. The monoisotopic (exact) mass is 265 g/mol. The summed E-state index contributed by atoms with van der Waals surface area (Å²) in [6, 6.07) is 8.63. The highest BCUT2D eigenvalue weighted by Crippen LogP contribution is 2.21. The summed E-state index contributed by atoms with van der Waals surface area (Å²) in [6.07, 6.45) is 1.43. The molecule has 0 aromatic heterocycles. The minimum absolute atomic E-state index is 0.162. The molecule has 0 aliphatic rings. The van der Waals surface area contributed by atoms with Crippen LogP contribution in [0.4, 0.5) is 0 Å². The highest BCUT2D eigenvalue weighted by molar-refractivity contribution is 5.33. The smallest absolute Gasteiger partial charge is 0.122 e. The first kappa shape index (κ1) is 16.0. The minimum Gasteiger partial charge on any atom is -0.496 e. The molecule has 0 saturated heterocycles. The highest BCUT2D eigenvalue weighted by atomic mass is 16.5. The maximum Gasteiger partial charge on any atom is 0.122 e. The summed E-state index contributed by atoms with van der Waals surface area (Å²) >= 11 is 0. The number of likely N-dealkylation sites (N-methyl/N-ethyl adjacent to an activating group) is 1. The van der Waals surface area contributed by atoms with Crippen LogP contribution in [0.25, 0.3) is 0 Å². The number of ether oxygens (including phenoxy) is 1. The van der Waals surface area contributed by atoms with E-state index in [1.165, 1.54) is 5.56 Å². The Balaban J connectivity index is 2.70. The molecule has 3 heteroatoms. The van der Waals surface area contributed by atoms with Gasteiger partial charge in [-0.05, 0) is 45.4 Å². The molecule has 0 fully saturated rings. The Bertz CT molecular complexity index is 381. The quantitative estimate of drug-likeness (QED) is 0.823. The van der Waals surface area contributed by atoms with Crippen molar-refractivity contribution in [2.24, 2.45) is 0 Å². The third kappa shape index (κ3) is 4.22. The number of aliphatic hydroxyl groups excluding tert-OH is 1. The largest absolute Gasteiger partial charge is 0.496 e. The third-order valence-corrected chi connectivity index (χ3v) is 4.02. The summed E-state index contributed by atoms with van der Waals surface area (Å²) in [5.41, 5.74) is 1.21. The normalized spacial score (nSPS) is 16.2. The van der Waals surface area contributed by atoms with E-state index in [9.17, 15) is 5.11 Å². The zero-order chi connectivity index (χ0) is 14.4. The molecule has 0 saturated carbocycles. The molecule has 108 valence electrons. The lowest BCUT2D eigenvalue weighted by Crippen LogP contribution is -2.44. The lowest BCUT2D eigenvalue weighted by molar-refractivity contribution is 0.0513. The molecule has 1 aromatic carbocycles. The van der Waals surface area contributed by atoms with Gasteiger partial charge in [0.2, 0.25) is 0 Å². The number of hydrogen-bond donors (Lipinski definition) is 1. The van der Waals surface area contributed by atoms with Gasteiger partial charge in [-0.15, -0.1) is 0 Å². The fourth-order valence-corrected chi connectivity index (χ4v) is 2.35. The van der Waals surface area contributed by atoms with Crippen molar-refractivity contribution in [2.75, 3.05) is 14.2 Å². The van der Waals surface area contributed by atoms with Gasteiger partial charge in [-0.3, -0.25) is 4.90 Å². The van der Waals surface area contributed by atoms with E-state index in [1.54, 1.807) is 7.11 Å². The standard InChI is InChI=1S/C16H27NO2/c1-6-15(18)13(3)17(4)12(2)11-14-9-7-8-10-16(14)19-5/h7-10,12-13,15,18H,6,11H2,1-5H3. The molecule has 3 atom stereocenters. The van der Waals surface area contributed by atoms with Gasteiger partial charge >= 0.3 is 0 Å². The van der Waals surface area contributed by atoms with Crippen molar-refractivity contribution in [2.45, 2.75) is 51.8 Å². The molecular formula is C16H27NO2. The maximum atomic E-state index is 9.95. The second kappa shape index (κ2) is 7.51. The number of methoxy groups -OCH3 is 1. The topological polar surface area (TPSA) is 32.7 Å². The summed E-state index contributed by atoms with van der Waals surface area (Å²) in [4.78, 5) is 2.24. The van der Waals surface area contributed by atoms with Crippen molar-refractivity contribution in [1.29, 1.82) is 0 Å². The molecule has 1 aromatic rings. The molecule has 3 nitrogen and oxygen atoms in total. The van der Waals surface area contributed by atoms with Crippen LogP contribution in [-0.2, 0) is 6.42 Å². The van der Waals surface area contributed by atoms with Crippen molar-refractivity contribution in [1.82, 2.24) is 4.90 Å². The zero-order valence-corrected chi connectivity index (χ0v) is 12.8. The SMILES string of the molecule is CCC(O)C(C)N(C)C(C)Cc1ccccc1OC. The zero-order valence-electron chi connectivity index (χ0n) is 12.8. The second-order valence-electron chi connectivity index (χ2n) is 5.25. The molecule has 19 heavy (non-hydrogen) atoms. The molecule has 1 N–H and O–H groups in total.